The van der Waals surface area contributed by atoms with Crippen molar-refractivity contribution in [3.8, 4) is 0 Å². The zero-order valence-corrected chi connectivity index (χ0v) is 29.0. The first-order chi connectivity index (χ1) is 24.7. The number of anilines is 2. The van der Waals surface area contributed by atoms with Gasteiger partial charge in [0.2, 0.25) is 11.8 Å². The SMILES string of the molecule is CC(=O)Nc1ccc(SCC2OC(c3ccc(N4C(=O)CC(NC(=O)OCc5ccccc5)C4=O)cc3)OC(c3ccc(CO)cc3)C2C)cc1. The van der Waals surface area contributed by atoms with Crippen LogP contribution in [-0.2, 0) is 41.8 Å². The van der Waals surface area contributed by atoms with Gasteiger partial charge in [-0.05, 0) is 53.1 Å². The lowest BCUT2D eigenvalue weighted by Crippen LogP contribution is -2.42. The van der Waals surface area contributed by atoms with E-state index in [0.717, 1.165) is 32.2 Å². The first kappa shape index (κ1) is 35.8. The first-order valence-corrected chi connectivity index (χ1v) is 17.6. The molecule has 5 unspecified atom stereocenters. The molecule has 11 nitrogen and oxygen atoms in total. The quantitative estimate of drug-likeness (QED) is 0.121. The summed E-state index contributed by atoms with van der Waals surface area (Å²) in [6, 6.07) is 30.3. The van der Waals surface area contributed by atoms with Gasteiger partial charge in [-0.25, -0.2) is 9.69 Å². The Balaban J connectivity index is 1.14. The minimum Gasteiger partial charge on any atom is -0.445 e. The number of amides is 4. The van der Waals surface area contributed by atoms with Gasteiger partial charge in [0.25, 0.3) is 5.91 Å². The van der Waals surface area contributed by atoms with E-state index in [2.05, 4.69) is 17.6 Å². The highest BCUT2D eigenvalue weighted by atomic mass is 32.2. The second kappa shape index (κ2) is 16.3. The molecule has 4 aromatic rings. The highest BCUT2D eigenvalue weighted by Gasteiger charge is 2.41. The summed E-state index contributed by atoms with van der Waals surface area (Å²) in [5.74, 6) is -0.516. The van der Waals surface area contributed by atoms with Crippen molar-refractivity contribution in [3.63, 3.8) is 0 Å². The fourth-order valence-electron chi connectivity index (χ4n) is 6.03. The van der Waals surface area contributed by atoms with Crippen LogP contribution in [0.4, 0.5) is 16.2 Å². The van der Waals surface area contributed by atoms with E-state index in [9.17, 15) is 24.3 Å². The molecule has 264 valence electrons. The van der Waals surface area contributed by atoms with Crippen molar-refractivity contribution in [2.45, 2.75) is 62.9 Å². The summed E-state index contributed by atoms with van der Waals surface area (Å²) in [6.07, 6.45) is -2.25. The zero-order chi connectivity index (χ0) is 35.9. The van der Waals surface area contributed by atoms with E-state index < -0.39 is 30.2 Å². The van der Waals surface area contributed by atoms with Crippen LogP contribution < -0.4 is 15.5 Å². The Morgan fingerprint density at radius 2 is 1.57 bits per heavy atom. The second-order valence-electron chi connectivity index (χ2n) is 12.5. The van der Waals surface area contributed by atoms with Gasteiger partial charge in [0, 0.05) is 34.7 Å². The average Bonchev–Trinajstić information content (AvgIpc) is 3.42. The normalized spacial score (nSPS) is 21.7. The van der Waals surface area contributed by atoms with E-state index >= 15 is 0 Å². The number of aliphatic hydroxyl groups excluding tert-OH is 1. The number of alkyl carbamates (subject to hydrolysis) is 1. The monoisotopic (exact) mass is 709 g/mol. The lowest BCUT2D eigenvalue weighted by Gasteiger charge is -2.41. The van der Waals surface area contributed by atoms with Crippen LogP contribution in [0.3, 0.4) is 0 Å². The van der Waals surface area contributed by atoms with Gasteiger partial charge in [0.1, 0.15) is 12.6 Å². The maximum Gasteiger partial charge on any atom is 0.408 e. The van der Waals surface area contributed by atoms with E-state index in [4.69, 9.17) is 14.2 Å². The van der Waals surface area contributed by atoms with Gasteiger partial charge in [0.15, 0.2) is 6.29 Å². The number of hydrogen-bond acceptors (Lipinski definition) is 9. The summed E-state index contributed by atoms with van der Waals surface area (Å²) in [5, 5.41) is 14.9. The Morgan fingerprint density at radius 1 is 0.882 bits per heavy atom. The molecule has 0 spiro atoms. The minimum atomic E-state index is -1.04. The van der Waals surface area contributed by atoms with Crippen LogP contribution in [0, 0.1) is 5.92 Å². The van der Waals surface area contributed by atoms with Crippen molar-refractivity contribution >= 4 is 47.0 Å². The van der Waals surface area contributed by atoms with E-state index in [1.165, 1.54) is 6.92 Å². The van der Waals surface area contributed by atoms with Crippen LogP contribution in [-0.4, -0.2) is 46.8 Å². The van der Waals surface area contributed by atoms with Crippen LogP contribution in [0.15, 0.2) is 108 Å². The summed E-state index contributed by atoms with van der Waals surface area (Å²) >= 11 is 1.64. The maximum absolute atomic E-state index is 13.2. The van der Waals surface area contributed by atoms with Crippen molar-refractivity contribution < 1.29 is 38.5 Å². The molecular weight excluding hydrogens is 671 g/mol. The molecule has 0 saturated carbocycles. The summed E-state index contributed by atoms with van der Waals surface area (Å²) in [4.78, 5) is 52.1. The molecule has 2 aliphatic rings. The number of thioether (sulfide) groups is 1. The molecule has 12 heteroatoms. The lowest BCUT2D eigenvalue weighted by atomic mass is 9.91. The van der Waals surface area contributed by atoms with E-state index in [1.807, 2.05) is 78.9 Å². The molecule has 2 fully saturated rings. The lowest BCUT2D eigenvalue weighted by molar-refractivity contribution is -0.268. The van der Waals surface area contributed by atoms with Gasteiger partial charge >= 0.3 is 6.09 Å². The number of benzene rings is 4. The van der Waals surface area contributed by atoms with Crippen molar-refractivity contribution in [1.29, 1.82) is 0 Å². The van der Waals surface area contributed by atoms with Gasteiger partial charge in [-0.2, -0.15) is 0 Å². The fraction of sp³-hybridized carbons (Fsp3) is 0.282. The molecule has 0 aliphatic carbocycles. The highest BCUT2D eigenvalue weighted by Crippen LogP contribution is 2.43. The summed E-state index contributed by atoms with van der Waals surface area (Å²) in [6.45, 7) is 3.54. The van der Waals surface area contributed by atoms with Gasteiger partial charge in [-0.1, -0.05) is 73.7 Å². The largest absolute Gasteiger partial charge is 0.445 e. The predicted molar refractivity (Wildman–Crippen MR) is 192 cm³/mol. The summed E-state index contributed by atoms with van der Waals surface area (Å²) in [7, 11) is 0. The molecule has 3 N–H and O–H groups in total. The van der Waals surface area contributed by atoms with Crippen molar-refractivity contribution in [2.24, 2.45) is 5.92 Å². The van der Waals surface area contributed by atoms with E-state index in [1.54, 1.807) is 36.0 Å². The topological polar surface area (TPSA) is 144 Å². The Morgan fingerprint density at radius 3 is 2.24 bits per heavy atom. The van der Waals surface area contributed by atoms with Gasteiger partial charge in [-0.3, -0.25) is 14.4 Å². The van der Waals surface area contributed by atoms with Crippen molar-refractivity contribution in [2.75, 3.05) is 16.0 Å². The van der Waals surface area contributed by atoms with Crippen LogP contribution in [0.2, 0.25) is 0 Å². The third-order valence-electron chi connectivity index (χ3n) is 8.79. The number of rotatable bonds is 11. The third kappa shape index (κ3) is 8.84. The number of nitrogens with one attached hydrogen (secondary N) is 2. The summed E-state index contributed by atoms with van der Waals surface area (Å²) < 4.78 is 18.4. The Hall–Kier alpha value is -5.01. The fourth-order valence-corrected chi connectivity index (χ4v) is 7.10. The molecule has 0 radical (unpaired) electrons. The second-order valence-corrected chi connectivity index (χ2v) is 13.6. The third-order valence-corrected chi connectivity index (χ3v) is 9.89. The standard InChI is InChI=1S/C39H39N3O8S/c1-24-34(23-51-32-18-14-30(15-19-32)40-25(2)44)49-38(50-36(24)28-10-8-26(21-43)9-11-28)29-12-16-31(17-13-29)42-35(45)20-33(37(42)46)41-39(47)48-22-27-6-4-3-5-7-27/h3-19,24,33-34,36,38,43H,20-23H2,1-2H3,(H,40,44)(H,41,47). The van der Waals surface area contributed by atoms with Crippen LogP contribution >= 0.6 is 11.8 Å². The number of hydrogen-bond donors (Lipinski definition) is 3. The maximum atomic E-state index is 13.2. The molecule has 6 rings (SSSR count). The van der Waals surface area contributed by atoms with E-state index in [0.29, 0.717) is 17.0 Å². The van der Waals surface area contributed by atoms with Crippen molar-refractivity contribution in [1.82, 2.24) is 5.32 Å². The minimum absolute atomic E-state index is 0.0321. The number of nitrogens with zero attached hydrogens (tertiary/aromatic N) is 1. The van der Waals surface area contributed by atoms with Crippen LogP contribution in [0.5, 0.6) is 0 Å². The number of aliphatic hydroxyl groups is 1. The molecule has 2 aliphatic heterocycles. The Bertz CT molecular complexity index is 1840. The van der Waals surface area contributed by atoms with Crippen LogP contribution in [0.1, 0.15) is 54.9 Å². The number of carbonyl (C=O) groups is 4. The average molecular weight is 710 g/mol. The van der Waals surface area contributed by atoms with E-state index in [-0.39, 0.29) is 43.7 Å². The molecule has 2 heterocycles. The molecule has 0 aromatic heterocycles. The molecule has 2 saturated heterocycles. The molecule has 51 heavy (non-hydrogen) atoms. The van der Waals surface area contributed by atoms with Gasteiger partial charge in [-0.15, -0.1) is 11.8 Å². The molecule has 5 atom stereocenters. The molecule has 0 bridgehead atoms. The Labute approximate surface area is 300 Å². The van der Waals surface area contributed by atoms with Crippen LogP contribution in [0.25, 0.3) is 0 Å². The van der Waals surface area contributed by atoms with Gasteiger partial charge < -0.3 is 30.0 Å². The number of imide groups is 1. The summed E-state index contributed by atoms with van der Waals surface area (Å²) in [5.41, 5.74) is 4.35. The zero-order valence-electron chi connectivity index (χ0n) is 28.2. The molecule has 4 aromatic carbocycles. The Kier molecular flexibility index (Phi) is 11.5. The highest BCUT2D eigenvalue weighted by molar-refractivity contribution is 7.99. The smallest absolute Gasteiger partial charge is 0.408 e. The molecule has 4 amide bonds. The number of ether oxygens (including phenoxy) is 3. The first-order valence-electron chi connectivity index (χ1n) is 16.6. The van der Waals surface area contributed by atoms with Crippen molar-refractivity contribution in [3.05, 3.63) is 125 Å². The number of carbonyl (C=O) groups excluding carboxylic acids is 4. The predicted octanol–water partition coefficient (Wildman–Crippen LogP) is 6.28. The molecular formula is C39H39N3O8S. The van der Waals surface area contributed by atoms with Gasteiger partial charge in [0.05, 0.1) is 30.9 Å².